The van der Waals surface area contributed by atoms with Gasteiger partial charge in [-0.2, -0.15) is 5.06 Å². The number of methoxy groups -OCH3 is 2. The quantitative estimate of drug-likeness (QED) is 0.542. The molecule has 1 aliphatic carbocycles. The first kappa shape index (κ1) is 20.2. The van der Waals surface area contributed by atoms with E-state index < -0.39 is 5.41 Å². The molecule has 1 saturated carbocycles. The summed E-state index contributed by atoms with van der Waals surface area (Å²) in [6, 6.07) is 5.59. The van der Waals surface area contributed by atoms with E-state index in [-0.39, 0.29) is 35.9 Å². The van der Waals surface area contributed by atoms with Crippen LogP contribution in [0, 0.1) is 11.8 Å². The number of carbonyl (C=O) groups excluding carboxylic acids is 2. The van der Waals surface area contributed by atoms with Crippen molar-refractivity contribution in [3.8, 4) is 5.75 Å². The summed E-state index contributed by atoms with van der Waals surface area (Å²) in [7, 11) is 4.46. The molecule has 1 aromatic rings. The van der Waals surface area contributed by atoms with Crippen LogP contribution in [-0.4, -0.2) is 57.7 Å². The van der Waals surface area contributed by atoms with Gasteiger partial charge in [-0.15, -0.1) is 0 Å². The van der Waals surface area contributed by atoms with Gasteiger partial charge in [0.05, 0.1) is 45.8 Å². The highest BCUT2D eigenvalue weighted by atomic mass is 16.7. The number of nitrogens with zero attached hydrogens (tertiary/aromatic N) is 2. The Morgan fingerprint density at radius 3 is 2.84 bits per heavy atom. The molecular weight excluding hydrogens is 400 g/mol. The van der Waals surface area contributed by atoms with Gasteiger partial charge in [-0.05, 0) is 37.0 Å². The number of benzene rings is 1. The minimum Gasteiger partial charge on any atom is -0.497 e. The van der Waals surface area contributed by atoms with Crippen molar-refractivity contribution in [3.05, 3.63) is 35.4 Å². The van der Waals surface area contributed by atoms with E-state index in [1.165, 1.54) is 25.4 Å². The summed E-state index contributed by atoms with van der Waals surface area (Å²) < 4.78 is 16.5. The summed E-state index contributed by atoms with van der Waals surface area (Å²) in [5.41, 5.74) is 2.51. The van der Waals surface area contributed by atoms with Gasteiger partial charge in [-0.3, -0.25) is 14.6 Å². The Hall–Kier alpha value is -2.71. The predicted molar refractivity (Wildman–Crippen MR) is 112 cm³/mol. The number of fused-ring (bicyclic) bond motifs is 2. The van der Waals surface area contributed by atoms with Crippen LogP contribution >= 0.6 is 0 Å². The second-order valence-electron chi connectivity index (χ2n) is 8.60. The van der Waals surface area contributed by atoms with Crippen LogP contribution in [0.25, 0.3) is 0 Å². The second-order valence-corrected chi connectivity index (χ2v) is 8.60. The van der Waals surface area contributed by atoms with Crippen LogP contribution in [0.1, 0.15) is 25.3 Å². The summed E-state index contributed by atoms with van der Waals surface area (Å²) in [6.45, 7) is 2.44. The topological polar surface area (TPSA) is 86.7 Å². The normalized spacial score (nSPS) is 33.4. The fourth-order valence-electron chi connectivity index (χ4n) is 5.87. The standard InChI is InChI=1S/C23H26N2O6/c1-12(7-20(26)29-3)21-14-9-19-23(10-17(24-21)15(14)11-31-19)16-6-5-13(28-2)8-18(16)25(30-4)22(23)27/h5-8,14-15,17,19H,9-11H2,1-4H3/t14-,15+,17+,19-,23+/m1/s1. The molecule has 1 spiro atoms. The van der Waals surface area contributed by atoms with Gasteiger partial charge in [0.25, 0.3) is 5.91 Å². The third kappa shape index (κ3) is 2.71. The molecule has 5 atom stereocenters. The molecular formula is C23H26N2O6. The molecule has 2 saturated heterocycles. The minimum absolute atomic E-state index is 0.0656. The smallest absolute Gasteiger partial charge is 0.330 e. The third-order valence-electron chi connectivity index (χ3n) is 7.30. The number of hydrogen-bond acceptors (Lipinski definition) is 7. The molecule has 0 aromatic heterocycles. The fourth-order valence-corrected chi connectivity index (χ4v) is 5.87. The lowest BCUT2D eigenvalue weighted by atomic mass is 9.71. The molecule has 1 amide bonds. The Balaban J connectivity index is 1.60. The molecule has 164 valence electrons. The van der Waals surface area contributed by atoms with E-state index in [9.17, 15) is 9.59 Å². The van der Waals surface area contributed by atoms with Gasteiger partial charge in [-0.25, -0.2) is 4.79 Å². The average molecular weight is 426 g/mol. The number of anilines is 1. The lowest BCUT2D eigenvalue weighted by Crippen LogP contribution is -2.51. The van der Waals surface area contributed by atoms with Crippen molar-refractivity contribution in [1.82, 2.24) is 0 Å². The zero-order valence-electron chi connectivity index (χ0n) is 18.1. The Kier molecular flexibility index (Phi) is 4.67. The fraction of sp³-hybridized carbons (Fsp3) is 0.522. The lowest BCUT2D eigenvalue weighted by molar-refractivity contribution is -0.137. The van der Waals surface area contributed by atoms with Crippen molar-refractivity contribution in [1.29, 1.82) is 0 Å². The average Bonchev–Trinajstić information content (AvgIpc) is 3.14. The molecule has 5 aliphatic rings. The number of hydroxylamine groups is 1. The van der Waals surface area contributed by atoms with Crippen molar-refractivity contribution < 1.29 is 28.6 Å². The van der Waals surface area contributed by atoms with E-state index in [4.69, 9.17) is 24.0 Å². The molecule has 0 radical (unpaired) electrons. The number of aliphatic imine (C=N–C) groups is 1. The second kappa shape index (κ2) is 7.17. The van der Waals surface area contributed by atoms with Crippen molar-refractivity contribution in [2.75, 3.05) is 33.0 Å². The van der Waals surface area contributed by atoms with E-state index in [0.717, 1.165) is 16.8 Å². The minimum atomic E-state index is -0.846. The Morgan fingerprint density at radius 1 is 1.32 bits per heavy atom. The Morgan fingerprint density at radius 2 is 2.13 bits per heavy atom. The molecule has 4 aliphatic heterocycles. The van der Waals surface area contributed by atoms with Crippen LogP contribution in [0.15, 0.2) is 34.8 Å². The van der Waals surface area contributed by atoms with Crippen LogP contribution in [0.5, 0.6) is 5.75 Å². The van der Waals surface area contributed by atoms with Gasteiger partial charge in [0.15, 0.2) is 0 Å². The molecule has 8 heteroatoms. The lowest BCUT2D eigenvalue weighted by Gasteiger charge is -2.38. The van der Waals surface area contributed by atoms with Crippen LogP contribution < -0.4 is 9.80 Å². The zero-order valence-corrected chi connectivity index (χ0v) is 18.1. The van der Waals surface area contributed by atoms with Crippen molar-refractivity contribution in [2.45, 2.75) is 37.3 Å². The highest BCUT2D eigenvalue weighted by molar-refractivity contribution is 6.09. The largest absolute Gasteiger partial charge is 0.497 e. The van der Waals surface area contributed by atoms with Crippen LogP contribution in [0.2, 0.25) is 0 Å². The summed E-state index contributed by atoms with van der Waals surface area (Å²) in [4.78, 5) is 36.0. The summed E-state index contributed by atoms with van der Waals surface area (Å²) in [5, 5.41) is 1.36. The molecule has 6 rings (SSSR count). The van der Waals surface area contributed by atoms with E-state index in [0.29, 0.717) is 30.9 Å². The molecule has 4 heterocycles. The maximum atomic E-state index is 13.7. The molecule has 0 unspecified atom stereocenters. The summed E-state index contributed by atoms with van der Waals surface area (Å²) in [6.07, 6.45) is 2.41. The van der Waals surface area contributed by atoms with Gasteiger partial charge in [-0.1, -0.05) is 6.07 Å². The maximum Gasteiger partial charge on any atom is 0.330 e. The van der Waals surface area contributed by atoms with Crippen molar-refractivity contribution in [3.63, 3.8) is 0 Å². The molecule has 0 N–H and O–H groups in total. The summed E-state index contributed by atoms with van der Waals surface area (Å²) in [5.74, 6) is 0.500. The maximum absolute atomic E-state index is 13.7. The number of rotatable bonds is 4. The van der Waals surface area contributed by atoms with Gasteiger partial charge in [0.2, 0.25) is 0 Å². The predicted octanol–water partition coefficient (Wildman–Crippen LogP) is 2.21. The highest BCUT2D eigenvalue weighted by Gasteiger charge is 2.64. The molecule has 4 bridgehead atoms. The first-order valence-electron chi connectivity index (χ1n) is 10.5. The molecule has 31 heavy (non-hydrogen) atoms. The Bertz CT molecular complexity index is 1020. The third-order valence-corrected chi connectivity index (χ3v) is 7.30. The zero-order chi connectivity index (χ0) is 21.9. The van der Waals surface area contributed by atoms with Crippen molar-refractivity contribution in [2.24, 2.45) is 16.8 Å². The first-order valence-corrected chi connectivity index (χ1v) is 10.5. The molecule has 3 fully saturated rings. The van der Waals surface area contributed by atoms with Crippen LogP contribution in [0.3, 0.4) is 0 Å². The van der Waals surface area contributed by atoms with E-state index in [1.807, 2.05) is 25.1 Å². The Labute approximate surface area is 180 Å². The van der Waals surface area contributed by atoms with Gasteiger partial charge in [0, 0.05) is 29.7 Å². The number of esters is 1. The van der Waals surface area contributed by atoms with Crippen LogP contribution in [-0.2, 0) is 29.3 Å². The van der Waals surface area contributed by atoms with Crippen molar-refractivity contribution >= 4 is 23.3 Å². The number of amides is 1. The van der Waals surface area contributed by atoms with Gasteiger partial charge >= 0.3 is 5.97 Å². The number of allylic oxidation sites excluding steroid dienone is 1. The van der Waals surface area contributed by atoms with Gasteiger partial charge in [0.1, 0.15) is 11.2 Å². The summed E-state index contributed by atoms with van der Waals surface area (Å²) >= 11 is 0. The monoisotopic (exact) mass is 426 g/mol. The SMILES string of the molecule is COC(=O)C=C(C)C1=N[C@H]2C[C@@]3(C(=O)N(OC)c4cc(OC)ccc43)[C@H]3C[C@@H]1[C@@H]2CO3. The van der Waals surface area contributed by atoms with E-state index in [2.05, 4.69) is 0 Å². The first-order chi connectivity index (χ1) is 14.9. The van der Waals surface area contributed by atoms with E-state index >= 15 is 0 Å². The van der Waals surface area contributed by atoms with Crippen LogP contribution in [0.4, 0.5) is 5.69 Å². The number of ether oxygens (including phenoxy) is 3. The highest BCUT2D eigenvalue weighted by Crippen LogP contribution is 2.57. The molecule has 8 nitrogen and oxygen atoms in total. The van der Waals surface area contributed by atoms with E-state index in [1.54, 1.807) is 7.11 Å². The number of carbonyl (C=O) groups is 2. The number of hydrogen-bond donors (Lipinski definition) is 0. The van der Waals surface area contributed by atoms with Gasteiger partial charge < -0.3 is 14.2 Å². The molecule has 1 aromatic carbocycles.